The molecule has 0 amide bonds. The molecular formula is C77H56N2O2Si. The monoisotopic (exact) mass is 1070 g/mol. The maximum Gasteiger partial charge on any atom is 0.159 e. The van der Waals surface area contributed by atoms with E-state index in [4.69, 9.17) is 8.83 Å². The molecule has 0 spiro atoms. The van der Waals surface area contributed by atoms with Crippen molar-refractivity contribution in [2.24, 2.45) is 0 Å². The number of para-hydroxylation sites is 4. The highest BCUT2D eigenvalue weighted by Crippen LogP contribution is 2.61. The Morgan fingerprint density at radius 2 is 0.841 bits per heavy atom. The van der Waals surface area contributed by atoms with Gasteiger partial charge in [-0.2, -0.15) is 0 Å². The molecule has 0 N–H and O–H groups in total. The average Bonchev–Trinajstić information content (AvgIpc) is 1.73. The van der Waals surface area contributed by atoms with Gasteiger partial charge < -0.3 is 18.6 Å². The molecule has 16 rings (SSSR count). The molecule has 0 radical (unpaired) electrons. The number of benzene rings is 13. The molecule has 0 bridgehead atoms. The molecule has 0 unspecified atom stereocenters. The molecule has 0 saturated carbocycles. The summed E-state index contributed by atoms with van der Waals surface area (Å²) in [6.07, 6.45) is 0. The van der Waals surface area contributed by atoms with Crippen molar-refractivity contribution in [2.75, 3.05) is 9.80 Å². The standard InChI is InChI=1S/C77H56N2O2Si/c1-49-33-36-54(37-34-49)79(70-30-18-28-65-61-25-14-16-32-72(61)81-76(65)70)57-41-44-63-66(48-57)59-23-11-12-26-62(59)73-67-46-50-35-38-56(45-51(50)47-68(67)77(74(63)73,52-19-7-5-8-20-52)53-21-9-6-10-22-53)78(55-39-42-58(43-40-55)82(2,3)4)69-29-17-27-64-60-24-13-15-31-71(60)80-75(64)69/h5-48H,1-4H3. The van der Waals surface area contributed by atoms with Crippen molar-refractivity contribution in [2.45, 2.75) is 32.0 Å². The van der Waals surface area contributed by atoms with Crippen molar-refractivity contribution < 1.29 is 8.83 Å². The van der Waals surface area contributed by atoms with Gasteiger partial charge >= 0.3 is 0 Å². The highest BCUT2D eigenvalue weighted by atomic mass is 28.3. The van der Waals surface area contributed by atoms with Gasteiger partial charge in [0.25, 0.3) is 0 Å². The van der Waals surface area contributed by atoms with Gasteiger partial charge in [-0.25, -0.2) is 0 Å². The Morgan fingerprint density at radius 3 is 1.43 bits per heavy atom. The number of hydrogen-bond acceptors (Lipinski definition) is 4. The third-order valence-electron chi connectivity index (χ3n) is 17.5. The smallest absolute Gasteiger partial charge is 0.159 e. The van der Waals surface area contributed by atoms with Gasteiger partial charge in [0, 0.05) is 44.3 Å². The van der Waals surface area contributed by atoms with Crippen LogP contribution in [0.3, 0.4) is 0 Å². The molecule has 1 aliphatic carbocycles. The third kappa shape index (κ3) is 7.22. The minimum atomic E-state index is -1.59. The molecule has 0 aliphatic heterocycles. The summed E-state index contributed by atoms with van der Waals surface area (Å²) < 4.78 is 13.6. The van der Waals surface area contributed by atoms with E-state index in [9.17, 15) is 0 Å². The van der Waals surface area contributed by atoms with Crippen LogP contribution in [0.15, 0.2) is 276 Å². The Morgan fingerprint density at radius 1 is 0.354 bits per heavy atom. The van der Waals surface area contributed by atoms with E-state index in [1.807, 2.05) is 6.07 Å². The van der Waals surface area contributed by atoms with Gasteiger partial charge in [0.05, 0.1) is 24.9 Å². The minimum absolute atomic E-state index is 0.718. The second kappa shape index (κ2) is 18.3. The van der Waals surface area contributed by atoms with E-state index in [1.54, 1.807) is 0 Å². The van der Waals surface area contributed by atoms with Crippen LogP contribution in [-0.2, 0) is 5.41 Å². The molecule has 2 aromatic heterocycles. The number of anilines is 6. The summed E-state index contributed by atoms with van der Waals surface area (Å²) >= 11 is 0. The normalized spacial score (nSPS) is 13.0. The number of furan rings is 2. The Balaban J connectivity index is 0.961. The first-order valence-electron chi connectivity index (χ1n) is 28.5. The number of rotatable bonds is 9. The van der Waals surface area contributed by atoms with Crippen molar-refractivity contribution in [1.82, 2.24) is 0 Å². The summed E-state index contributed by atoms with van der Waals surface area (Å²) in [6.45, 7) is 9.38. The predicted octanol–water partition coefficient (Wildman–Crippen LogP) is 21.1. The molecule has 13 aromatic carbocycles. The highest BCUT2D eigenvalue weighted by molar-refractivity contribution is 6.88. The van der Waals surface area contributed by atoms with Gasteiger partial charge in [-0.15, -0.1) is 0 Å². The topological polar surface area (TPSA) is 32.8 Å². The minimum Gasteiger partial charge on any atom is -0.454 e. The quantitative estimate of drug-likeness (QED) is 0.107. The van der Waals surface area contributed by atoms with Crippen LogP contribution in [0.25, 0.3) is 87.3 Å². The van der Waals surface area contributed by atoms with Crippen molar-refractivity contribution >= 4 is 124 Å². The molecule has 0 fully saturated rings. The van der Waals surface area contributed by atoms with Gasteiger partial charge in [0.15, 0.2) is 11.2 Å². The Hall–Kier alpha value is -9.94. The lowest BCUT2D eigenvalue weighted by Crippen LogP contribution is -2.37. The lowest BCUT2D eigenvalue weighted by atomic mass is 9.66. The first-order chi connectivity index (χ1) is 40.2. The second-order valence-corrected chi connectivity index (χ2v) is 28.3. The van der Waals surface area contributed by atoms with Crippen molar-refractivity contribution in [3.05, 3.63) is 295 Å². The predicted molar refractivity (Wildman–Crippen MR) is 348 cm³/mol. The van der Waals surface area contributed by atoms with Crippen molar-refractivity contribution in [3.63, 3.8) is 0 Å². The maximum absolute atomic E-state index is 6.82. The molecule has 1 aliphatic rings. The zero-order valence-electron chi connectivity index (χ0n) is 46.1. The SMILES string of the molecule is Cc1ccc(N(c2ccc3c4c(c5ccccc5c3c2)-c2cc3ccc(N(c5ccc([Si](C)(C)C)cc5)c5cccc6c5oc5ccccc56)cc3cc2C4(c2ccccc2)c2ccccc2)c2cccc3c2oc2ccccc23)cc1. The zero-order valence-corrected chi connectivity index (χ0v) is 47.1. The molecule has 0 saturated heterocycles. The molecule has 15 aromatic rings. The lowest BCUT2D eigenvalue weighted by molar-refractivity contribution is 0.668. The van der Waals surface area contributed by atoms with Crippen molar-refractivity contribution in [3.8, 4) is 11.1 Å². The van der Waals surface area contributed by atoms with Gasteiger partial charge in [0.2, 0.25) is 0 Å². The van der Waals surface area contributed by atoms with Gasteiger partial charge in [-0.05, 0) is 158 Å². The molecule has 82 heavy (non-hydrogen) atoms. The molecule has 390 valence electrons. The van der Waals surface area contributed by atoms with Crippen LogP contribution in [0.4, 0.5) is 34.1 Å². The second-order valence-electron chi connectivity index (χ2n) is 23.2. The van der Waals surface area contributed by atoms with Gasteiger partial charge in [-0.1, -0.05) is 212 Å². The Bertz CT molecular complexity index is 4990. The van der Waals surface area contributed by atoms with Gasteiger partial charge in [-0.3, -0.25) is 0 Å². The first-order valence-corrected chi connectivity index (χ1v) is 32.0. The molecule has 2 heterocycles. The van der Waals surface area contributed by atoms with Crippen LogP contribution < -0.4 is 15.0 Å². The fraction of sp³-hybridized carbons (Fsp3) is 0.0649. The van der Waals surface area contributed by atoms with E-state index in [-0.39, 0.29) is 0 Å². The summed E-state index contributed by atoms with van der Waals surface area (Å²) in [5.74, 6) is 0. The molecule has 5 heteroatoms. The highest BCUT2D eigenvalue weighted by Gasteiger charge is 2.48. The largest absolute Gasteiger partial charge is 0.454 e. The lowest BCUT2D eigenvalue weighted by Gasteiger charge is -2.35. The van der Waals surface area contributed by atoms with E-state index < -0.39 is 13.5 Å². The van der Waals surface area contributed by atoms with E-state index >= 15 is 0 Å². The number of fused-ring (bicyclic) bond motifs is 15. The number of nitrogens with zero attached hydrogens (tertiary/aromatic N) is 2. The zero-order chi connectivity index (χ0) is 54.8. The average molecular weight is 1070 g/mol. The summed E-state index contributed by atoms with van der Waals surface area (Å²) in [4.78, 5) is 4.78. The van der Waals surface area contributed by atoms with Crippen molar-refractivity contribution in [1.29, 1.82) is 0 Å². The molecular weight excluding hydrogens is 1010 g/mol. The summed E-state index contributed by atoms with van der Waals surface area (Å²) in [7, 11) is -1.59. The number of hydrogen-bond donors (Lipinski definition) is 0. The maximum atomic E-state index is 6.82. The molecule has 4 nitrogen and oxygen atoms in total. The summed E-state index contributed by atoms with van der Waals surface area (Å²) in [6, 6.07) is 98.7. The van der Waals surface area contributed by atoms with Crippen LogP contribution in [0.5, 0.6) is 0 Å². The summed E-state index contributed by atoms with van der Waals surface area (Å²) in [5, 5.41) is 13.0. The van der Waals surface area contributed by atoms with Crippen LogP contribution in [0.2, 0.25) is 19.6 Å². The van der Waals surface area contributed by atoms with E-state index in [2.05, 4.69) is 297 Å². The van der Waals surface area contributed by atoms with Crippen LogP contribution >= 0.6 is 0 Å². The Kier molecular flexibility index (Phi) is 10.7. The Labute approximate surface area is 477 Å². The number of aryl methyl sites for hydroxylation is 1. The third-order valence-corrected chi connectivity index (χ3v) is 19.5. The van der Waals surface area contributed by atoms with Crippen LogP contribution in [0.1, 0.15) is 27.8 Å². The summed E-state index contributed by atoms with van der Waals surface area (Å²) in [5.41, 5.74) is 17.7. The van der Waals surface area contributed by atoms with E-state index in [0.717, 1.165) is 83.4 Å². The van der Waals surface area contributed by atoms with Crippen LogP contribution in [-0.4, -0.2) is 8.07 Å². The fourth-order valence-corrected chi connectivity index (χ4v) is 14.8. The molecule has 0 atom stereocenters. The van der Waals surface area contributed by atoms with E-state index in [1.165, 1.54) is 71.1 Å². The fourth-order valence-electron chi connectivity index (χ4n) is 13.7. The van der Waals surface area contributed by atoms with E-state index in [0.29, 0.717) is 0 Å². The van der Waals surface area contributed by atoms with Gasteiger partial charge in [0.1, 0.15) is 11.2 Å². The van der Waals surface area contributed by atoms with Crippen LogP contribution in [0, 0.1) is 6.92 Å². The first kappa shape index (κ1) is 48.0.